The van der Waals surface area contributed by atoms with Gasteiger partial charge in [-0.2, -0.15) is 15.1 Å². The number of piperidine rings is 1. The van der Waals surface area contributed by atoms with Crippen molar-refractivity contribution in [2.45, 2.75) is 31.8 Å². The number of amides is 2. The number of nitrogens with one attached hydrogen (secondary N) is 2. The Hall–Kier alpha value is -8.06. The van der Waals surface area contributed by atoms with Gasteiger partial charge in [-0.25, -0.2) is 19.9 Å². The Bertz CT molecular complexity index is 3210. The van der Waals surface area contributed by atoms with Crippen LogP contribution in [0.3, 0.4) is 0 Å². The van der Waals surface area contributed by atoms with E-state index in [1.54, 1.807) is 60.5 Å². The smallest absolute Gasteiger partial charge is 0.300 e. The standard InChI is InChI=1S/C26H31N9O3.C25H31N9O3/c1-17-15-35(8-7-32(17)2)24-19(13-21-23(30-24)31-26(38-21)34-9-11-37-12-10-34)25(36)29-22-6-4-5-20(28-22)18-14-27-33(3)16-18;1-28-14-16(13-26)19-5-2-6-21(29-19)30-24(35)18-12-20-22(31-23(18)34-7-3-4-17(27)15-34)32-25(37-20)33-8-10-36-11-9-33/h4-6,13-14,16-17H,7-12,15H2,1-3H3,(H,28,29,36);2,5-6,12-14,17H,3-4,7-11,15,26-27H2,1H3,(H,29,30,35)/b;16-13+,28-14?. The number of anilines is 6. The maximum Gasteiger partial charge on any atom is 0.300 e. The van der Waals surface area contributed by atoms with Crippen LogP contribution >= 0.6 is 0 Å². The minimum Gasteiger partial charge on any atom is -0.422 e. The van der Waals surface area contributed by atoms with Crippen molar-refractivity contribution in [3.05, 3.63) is 83.9 Å². The molecule has 11 heterocycles. The van der Waals surface area contributed by atoms with E-state index >= 15 is 0 Å². The number of allylic oxidation sites excluding steroid dienone is 1. The highest BCUT2D eigenvalue weighted by Crippen LogP contribution is 2.32. The van der Waals surface area contributed by atoms with Crippen LogP contribution in [0.5, 0.6) is 0 Å². The Morgan fingerprint density at radius 3 is 1.85 bits per heavy atom. The van der Waals surface area contributed by atoms with Gasteiger partial charge in [-0.1, -0.05) is 12.1 Å². The van der Waals surface area contributed by atoms with Crippen LogP contribution in [0.1, 0.15) is 46.2 Å². The molecule has 4 fully saturated rings. The Morgan fingerprint density at radius 1 is 0.720 bits per heavy atom. The molecule has 75 heavy (non-hydrogen) atoms. The average Bonchev–Trinajstić information content (AvgIpc) is 4.20. The number of ether oxygens (including phenoxy) is 2. The van der Waals surface area contributed by atoms with E-state index in [0.29, 0.717) is 145 Å². The van der Waals surface area contributed by atoms with Crippen molar-refractivity contribution in [2.75, 3.05) is 130 Å². The fourth-order valence-electron chi connectivity index (χ4n) is 9.31. The fraction of sp³-hybridized carbons (Fsp3) is 0.412. The number of rotatable bonds is 11. The molecule has 0 saturated carbocycles. The number of likely N-dealkylation sites (N-methyl/N-ethyl adjacent to an activating group) is 1. The van der Waals surface area contributed by atoms with Gasteiger partial charge in [0.05, 0.1) is 55.1 Å². The van der Waals surface area contributed by atoms with Crippen LogP contribution in [0, 0.1) is 0 Å². The Balaban J connectivity index is 0.000000171. The number of hydrogen-bond acceptors (Lipinski definition) is 21. The Labute approximate surface area is 432 Å². The molecule has 24 nitrogen and oxygen atoms in total. The second kappa shape index (κ2) is 22.6. The first-order valence-corrected chi connectivity index (χ1v) is 25.1. The highest BCUT2D eigenvalue weighted by Gasteiger charge is 2.30. The summed E-state index contributed by atoms with van der Waals surface area (Å²) in [5.74, 6) is 1.28. The quantitative estimate of drug-likeness (QED) is 0.134. The number of hydrogen-bond donors (Lipinski definition) is 4. The highest BCUT2D eigenvalue weighted by molar-refractivity contribution is 6.11. The number of pyridine rings is 4. The third-order valence-electron chi connectivity index (χ3n) is 13.5. The molecule has 7 aromatic heterocycles. The Kier molecular flexibility index (Phi) is 15.2. The predicted molar refractivity (Wildman–Crippen MR) is 287 cm³/mol. The molecular formula is C51H62N18O6. The number of aromatic nitrogens is 8. The molecule has 11 rings (SSSR count). The summed E-state index contributed by atoms with van der Waals surface area (Å²) in [5.41, 5.74) is 17.4. The van der Waals surface area contributed by atoms with Gasteiger partial charge in [0.25, 0.3) is 23.8 Å². The molecule has 7 aromatic rings. The first-order chi connectivity index (χ1) is 36.5. The number of morpholine rings is 2. The van der Waals surface area contributed by atoms with E-state index in [4.69, 9.17) is 39.7 Å². The van der Waals surface area contributed by atoms with Crippen molar-refractivity contribution in [1.82, 2.24) is 44.6 Å². The summed E-state index contributed by atoms with van der Waals surface area (Å²) in [6.45, 7) is 11.1. The summed E-state index contributed by atoms with van der Waals surface area (Å²) in [6, 6.07) is 15.6. The minimum atomic E-state index is -0.361. The summed E-state index contributed by atoms with van der Waals surface area (Å²) >= 11 is 0. The Morgan fingerprint density at radius 2 is 1.31 bits per heavy atom. The molecule has 0 aliphatic carbocycles. The lowest BCUT2D eigenvalue weighted by atomic mass is 10.1. The van der Waals surface area contributed by atoms with Crippen LogP contribution in [0.4, 0.5) is 35.3 Å². The first kappa shape index (κ1) is 50.5. The van der Waals surface area contributed by atoms with E-state index < -0.39 is 0 Å². The molecular weight excluding hydrogens is 961 g/mol. The predicted octanol–water partition coefficient (Wildman–Crippen LogP) is 3.88. The van der Waals surface area contributed by atoms with Crippen LogP contribution < -0.4 is 41.7 Å². The van der Waals surface area contributed by atoms with Crippen LogP contribution in [-0.4, -0.2) is 174 Å². The molecule has 4 saturated heterocycles. The summed E-state index contributed by atoms with van der Waals surface area (Å²) in [7, 11) is 5.62. The van der Waals surface area contributed by atoms with E-state index in [1.165, 1.54) is 6.20 Å². The molecule has 0 aromatic carbocycles. The van der Waals surface area contributed by atoms with Gasteiger partial charge in [-0.15, -0.1) is 0 Å². The van der Waals surface area contributed by atoms with Crippen LogP contribution in [0.2, 0.25) is 0 Å². The maximum absolute atomic E-state index is 13.7. The van der Waals surface area contributed by atoms with Gasteiger partial charge in [-0.3, -0.25) is 19.3 Å². The van der Waals surface area contributed by atoms with Gasteiger partial charge in [0, 0.05) is 127 Å². The number of aliphatic imine (C=N–C) groups is 1. The number of carbonyl (C=O) groups excluding carboxylic acids is 2. The third-order valence-corrected chi connectivity index (χ3v) is 13.5. The zero-order chi connectivity index (χ0) is 52.0. The lowest BCUT2D eigenvalue weighted by Crippen LogP contribution is -2.50. The van der Waals surface area contributed by atoms with Gasteiger partial charge in [0.1, 0.15) is 23.3 Å². The monoisotopic (exact) mass is 1020 g/mol. The maximum atomic E-state index is 13.7. The largest absolute Gasteiger partial charge is 0.422 e. The fourth-order valence-corrected chi connectivity index (χ4v) is 9.31. The van der Waals surface area contributed by atoms with Crippen molar-refractivity contribution in [3.8, 4) is 11.3 Å². The molecule has 2 amide bonds. The van der Waals surface area contributed by atoms with Gasteiger partial charge in [0.15, 0.2) is 11.2 Å². The number of fused-ring (bicyclic) bond motifs is 2. The molecule has 6 N–H and O–H groups in total. The molecule has 2 atom stereocenters. The van der Waals surface area contributed by atoms with Crippen molar-refractivity contribution in [1.29, 1.82) is 0 Å². The van der Waals surface area contributed by atoms with Crippen LogP contribution in [0.25, 0.3) is 39.3 Å². The minimum absolute atomic E-state index is 0.00317. The summed E-state index contributed by atoms with van der Waals surface area (Å²) in [6.07, 6.45) is 8.51. The summed E-state index contributed by atoms with van der Waals surface area (Å²) < 4.78 is 24.7. The zero-order valence-corrected chi connectivity index (χ0v) is 42.6. The lowest BCUT2D eigenvalue weighted by Gasteiger charge is -2.38. The molecule has 0 bridgehead atoms. The highest BCUT2D eigenvalue weighted by atomic mass is 16.5. The number of aryl methyl sites for hydroxylation is 1. The van der Waals surface area contributed by atoms with E-state index in [9.17, 15) is 9.59 Å². The van der Waals surface area contributed by atoms with Gasteiger partial charge >= 0.3 is 0 Å². The van der Waals surface area contributed by atoms with E-state index in [-0.39, 0.29) is 17.9 Å². The number of piperazine rings is 1. The zero-order valence-electron chi connectivity index (χ0n) is 42.6. The summed E-state index contributed by atoms with van der Waals surface area (Å²) in [5, 5.41) is 10.1. The second-order valence-electron chi connectivity index (χ2n) is 18.8. The van der Waals surface area contributed by atoms with Gasteiger partial charge < -0.3 is 64.9 Å². The first-order valence-electron chi connectivity index (χ1n) is 25.1. The molecule has 4 aliphatic heterocycles. The topological polar surface area (TPSA) is 279 Å². The van der Waals surface area contributed by atoms with Crippen LogP contribution in [0.15, 0.2) is 81.0 Å². The normalized spacial score (nSPS) is 18.9. The van der Waals surface area contributed by atoms with Crippen molar-refractivity contribution >= 4 is 81.4 Å². The second-order valence-corrected chi connectivity index (χ2v) is 18.8. The third kappa shape index (κ3) is 11.5. The van der Waals surface area contributed by atoms with Gasteiger partial charge in [0.2, 0.25) is 11.3 Å². The summed E-state index contributed by atoms with van der Waals surface area (Å²) in [4.78, 5) is 69.9. The van der Waals surface area contributed by atoms with Gasteiger partial charge in [-0.05, 0) is 51.1 Å². The number of oxazole rings is 2. The average molecular weight is 1020 g/mol. The molecule has 0 radical (unpaired) electrons. The number of nitrogens with zero attached hydrogens (tertiary/aromatic N) is 14. The molecule has 24 heteroatoms. The van der Waals surface area contributed by atoms with Crippen molar-refractivity contribution in [2.24, 2.45) is 23.5 Å². The number of carbonyl (C=O) groups is 2. The number of nitrogens with two attached hydrogens (primary N) is 2. The van der Waals surface area contributed by atoms with Crippen molar-refractivity contribution < 1.29 is 27.9 Å². The molecule has 0 spiro atoms. The molecule has 2 unspecified atom stereocenters. The van der Waals surface area contributed by atoms with E-state index in [2.05, 4.69) is 64.4 Å². The van der Waals surface area contributed by atoms with E-state index in [0.717, 1.165) is 50.3 Å². The van der Waals surface area contributed by atoms with Crippen molar-refractivity contribution in [3.63, 3.8) is 0 Å². The molecule has 4 aliphatic rings. The SMILES string of the molecule is CC1CN(c2nc3nc(N4CCOCC4)oc3cc2C(=O)Nc2cccc(-c3cnn(C)c3)n2)CCN1C.CN=C/C(=C\N)c1cccc(NC(=O)c2cc3oc(N4CCOCC4)nc3nc2N2CCCC(N)C2)n1. The lowest BCUT2D eigenvalue weighted by molar-refractivity contribution is 0.101. The molecule has 392 valence electrons. The van der Waals surface area contributed by atoms with E-state index in [1.807, 2.05) is 40.1 Å². The van der Waals surface area contributed by atoms with Crippen LogP contribution in [-0.2, 0) is 16.5 Å².